The summed E-state index contributed by atoms with van der Waals surface area (Å²) >= 11 is 0. The Morgan fingerprint density at radius 2 is 1.68 bits per heavy atom. The average molecular weight is 595 g/mol. The molecule has 4 aromatic rings. The van der Waals surface area contributed by atoms with Gasteiger partial charge in [-0.1, -0.05) is 48.5 Å². The van der Waals surface area contributed by atoms with E-state index in [0.29, 0.717) is 29.4 Å². The number of nitrogens with one attached hydrogen (secondary N) is 2. The van der Waals surface area contributed by atoms with Gasteiger partial charge in [-0.25, -0.2) is 0 Å². The highest BCUT2D eigenvalue weighted by atomic mass is 16.5. The summed E-state index contributed by atoms with van der Waals surface area (Å²) in [6, 6.07) is 21.0. The van der Waals surface area contributed by atoms with Gasteiger partial charge in [-0.2, -0.15) is 0 Å². The van der Waals surface area contributed by atoms with Crippen LogP contribution < -0.4 is 36.6 Å². The van der Waals surface area contributed by atoms with Crippen LogP contribution in [0, 0.1) is 0 Å². The number of H-pyrrole nitrogens is 1. The fraction of sp³-hybridized carbons (Fsp3) is 0.286. The molecular formula is C35H38N4O5. The molecule has 0 aliphatic carbocycles. The minimum Gasteiger partial charge on any atom is -0.493 e. The monoisotopic (exact) mass is 594 g/mol. The predicted molar refractivity (Wildman–Crippen MR) is 172 cm³/mol. The molecule has 0 spiro atoms. The predicted octanol–water partition coefficient (Wildman–Crippen LogP) is 2.12. The number of hydrogen-bond acceptors (Lipinski definition) is 6. The van der Waals surface area contributed by atoms with Gasteiger partial charge in [-0.15, -0.1) is 0 Å². The largest absolute Gasteiger partial charge is 0.493 e. The molecule has 0 radical (unpaired) electrons. The minimum atomic E-state index is -0.321. The molecule has 3 aromatic carbocycles. The van der Waals surface area contributed by atoms with Crippen LogP contribution in [-0.2, 0) is 26.4 Å². The van der Waals surface area contributed by atoms with Gasteiger partial charge in [-0.05, 0) is 71.9 Å². The van der Waals surface area contributed by atoms with Crippen LogP contribution in [0.15, 0.2) is 76.3 Å². The molecule has 9 heteroatoms. The van der Waals surface area contributed by atoms with Crippen molar-refractivity contribution in [3.63, 3.8) is 0 Å². The van der Waals surface area contributed by atoms with Gasteiger partial charge < -0.3 is 24.3 Å². The maximum absolute atomic E-state index is 13.0. The van der Waals surface area contributed by atoms with E-state index in [1.54, 1.807) is 57.7 Å². The minimum absolute atomic E-state index is 0.167. The summed E-state index contributed by atoms with van der Waals surface area (Å²) < 4.78 is 12.3. The van der Waals surface area contributed by atoms with Crippen LogP contribution in [0.3, 0.4) is 0 Å². The van der Waals surface area contributed by atoms with Crippen molar-refractivity contribution in [3.8, 4) is 11.5 Å². The van der Waals surface area contributed by atoms with Crippen molar-refractivity contribution < 1.29 is 14.3 Å². The van der Waals surface area contributed by atoms with Crippen LogP contribution in [-0.4, -0.2) is 54.2 Å². The molecule has 0 fully saturated rings. The van der Waals surface area contributed by atoms with Crippen molar-refractivity contribution in [2.24, 2.45) is 7.05 Å². The van der Waals surface area contributed by atoms with Crippen molar-refractivity contribution in [1.29, 1.82) is 0 Å². The standard InChI is InChI=1S/C35H38N4O5/c1-38-30(11-7-10-24-8-5-4-6-9-24)34(41)37-29(35(38)42)20-25-12-14-26(15-13-25)33(40)36-17-19-39-18-16-27-21-31(43-2)32(44-3)22-28(27)23-39/h4-6,8-9,11-15,20-22H,7,10,16-19,23H2,1-3H3,(H,36,40)(H,37,41). The Morgan fingerprint density at radius 3 is 2.39 bits per heavy atom. The molecule has 228 valence electrons. The highest BCUT2D eigenvalue weighted by Crippen LogP contribution is 2.33. The highest BCUT2D eigenvalue weighted by molar-refractivity contribution is 5.94. The quantitative estimate of drug-likeness (QED) is 0.292. The van der Waals surface area contributed by atoms with Crippen LogP contribution in [0.1, 0.15) is 39.0 Å². The number of methoxy groups -OCH3 is 2. The van der Waals surface area contributed by atoms with Crippen molar-refractivity contribution in [1.82, 2.24) is 19.8 Å². The lowest BCUT2D eigenvalue weighted by Crippen LogP contribution is -2.52. The summed E-state index contributed by atoms with van der Waals surface area (Å²) in [7, 11) is 4.88. The number of benzene rings is 3. The SMILES string of the molecule is COc1cc2c(cc1OC)CN(CCNC(=O)c1ccc(C=c3[nH]c(=O)c(=CCCc4ccccc4)n(C)c3=O)cc1)CC2. The fourth-order valence-electron chi connectivity index (χ4n) is 5.49. The number of carbonyl (C=O) groups excluding carboxylic acids is 1. The Kier molecular flexibility index (Phi) is 9.76. The third-order valence-electron chi connectivity index (χ3n) is 7.99. The zero-order valence-corrected chi connectivity index (χ0v) is 25.4. The van der Waals surface area contributed by atoms with E-state index in [4.69, 9.17) is 9.47 Å². The van der Waals surface area contributed by atoms with E-state index in [1.165, 1.54) is 21.3 Å². The topological polar surface area (TPSA) is 106 Å². The number of ether oxygens (including phenoxy) is 2. The highest BCUT2D eigenvalue weighted by Gasteiger charge is 2.19. The molecule has 0 bridgehead atoms. The second-order valence-corrected chi connectivity index (χ2v) is 10.9. The molecular weight excluding hydrogens is 556 g/mol. The summed E-state index contributed by atoms with van der Waals surface area (Å²) in [6.45, 7) is 2.92. The number of rotatable bonds is 10. The Hall–Kier alpha value is -4.89. The molecule has 0 unspecified atom stereocenters. The first-order valence-electron chi connectivity index (χ1n) is 14.8. The summed E-state index contributed by atoms with van der Waals surface area (Å²) in [6.07, 6.45) is 5.75. The second kappa shape index (κ2) is 14.1. The zero-order valence-electron chi connectivity index (χ0n) is 25.4. The number of nitrogens with zero attached hydrogens (tertiary/aromatic N) is 2. The van der Waals surface area contributed by atoms with E-state index >= 15 is 0 Å². The molecule has 5 rings (SSSR count). The summed E-state index contributed by atoms with van der Waals surface area (Å²) in [5, 5.41) is 3.52. The van der Waals surface area contributed by atoms with E-state index in [9.17, 15) is 14.4 Å². The van der Waals surface area contributed by atoms with Crippen molar-refractivity contribution in [2.45, 2.75) is 25.8 Å². The Balaban J connectivity index is 1.18. The van der Waals surface area contributed by atoms with E-state index in [0.717, 1.165) is 44.0 Å². The van der Waals surface area contributed by atoms with E-state index in [1.807, 2.05) is 42.5 Å². The van der Waals surface area contributed by atoms with Gasteiger partial charge in [0.05, 0.1) is 14.2 Å². The first kappa shape index (κ1) is 30.6. The van der Waals surface area contributed by atoms with Crippen molar-refractivity contribution >= 4 is 18.1 Å². The van der Waals surface area contributed by atoms with E-state index < -0.39 is 0 Å². The molecule has 1 amide bonds. The summed E-state index contributed by atoms with van der Waals surface area (Å²) in [5.41, 5.74) is 4.24. The van der Waals surface area contributed by atoms with Crippen molar-refractivity contribution in [2.75, 3.05) is 33.9 Å². The van der Waals surface area contributed by atoms with Gasteiger partial charge in [0.1, 0.15) is 10.7 Å². The van der Waals surface area contributed by atoms with Gasteiger partial charge in [0.25, 0.3) is 17.0 Å². The van der Waals surface area contributed by atoms with E-state index in [-0.39, 0.29) is 22.4 Å². The van der Waals surface area contributed by atoms with Crippen LogP contribution in [0.4, 0.5) is 0 Å². The van der Waals surface area contributed by atoms with Crippen LogP contribution in [0.5, 0.6) is 11.5 Å². The lowest BCUT2D eigenvalue weighted by atomic mass is 9.99. The average Bonchev–Trinajstić information content (AvgIpc) is 3.05. The lowest BCUT2D eigenvalue weighted by molar-refractivity contribution is 0.0947. The van der Waals surface area contributed by atoms with Gasteiger partial charge in [0.15, 0.2) is 11.5 Å². The maximum atomic E-state index is 13.0. The Labute approximate surface area is 256 Å². The first-order chi connectivity index (χ1) is 21.4. The van der Waals surface area contributed by atoms with Crippen LogP contribution in [0.25, 0.3) is 12.2 Å². The first-order valence-corrected chi connectivity index (χ1v) is 14.8. The molecule has 2 N–H and O–H groups in total. The molecule has 9 nitrogen and oxygen atoms in total. The molecule has 0 saturated heterocycles. The molecule has 1 aliphatic rings. The third-order valence-corrected chi connectivity index (χ3v) is 7.99. The Bertz CT molecular complexity index is 1860. The van der Waals surface area contributed by atoms with Gasteiger partial charge >= 0.3 is 0 Å². The van der Waals surface area contributed by atoms with Crippen molar-refractivity contribution in [3.05, 3.63) is 126 Å². The molecule has 2 heterocycles. The molecule has 1 aromatic heterocycles. The fourth-order valence-corrected chi connectivity index (χ4v) is 5.49. The summed E-state index contributed by atoms with van der Waals surface area (Å²) in [5.74, 6) is 1.30. The number of hydrogen-bond donors (Lipinski definition) is 2. The number of aromatic nitrogens is 2. The lowest BCUT2D eigenvalue weighted by Gasteiger charge is -2.29. The van der Waals surface area contributed by atoms with Crippen LogP contribution >= 0.6 is 0 Å². The van der Waals surface area contributed by atoms with Crippen LogP contribution in [0.2, 0.25) is 0 Å². The maximum Gasteiger partial charge on any atom is 0.274 e. The number of aromatic amines is 1. The normalized spacial score (nSPS) is 13.9. The number of aryl methyl sites for hydroxylation is 1. The smallest absolute Gasteiger partial charge is 0.274 e. The van der Waals surface area contributed by atoms with Gasteiger partial charge in [-0.3, -0.25) is 19.3 Å². The molecule has 0 atom stereocenters. The van der Waals surface area contributed by atoms with Gasteiger partial charge in [0, 0.05) is 38.8 Å². The van der Waals surface area contributed by atoms with Gasteiger partial charge in [0.2, 0.25) is 0 Å². The molecule has 1 aliphatic heterocycles. The Morgan fingerprint density at radius 1 is 0.977 bits per heavy atom. The molecule has 0 saturated carbocycles. The van der Waals surface area contributed by atoms with E-state index in [2.05, 4.69) is 15.2 Å². The summed E-state index contributed by atoms with van der Waals surface area (Å²) in [4.78, 5) is 43.6. The zero-order chi connectivity index (χ0) is 31.1. The number of carbonyl (C=O) groups is 1. The molecule has 44 heavy (non-hydrogen) atoms. The number of fused-ring (bicyclic) bond motifs is 1. The second-order valence-electron chi connectivity index (χ2n) is 10.9. The number of amides is 1. The third kappa shape index (κ3) is 7.18.